The number of H-pyrrole nitrogens is 1. The van der Waals surface area contributed by atoms with Crippen molar-refractivity contribution in [3.63, 3.8) is 0 Å². The molecule has 3 aromatic rings. The number of hydrogen-bond donors (Lipinski definition) is 1. The molecule has 0 aromatic carbocycles. The summed E-state index contributed by atoms with van der Waals surface area (Å²) in [5.41, 5.74) is 1.30. The monoisotopic (exact) mass is 291 g/mol. The molecule has 0 saturated heterocycles. The van der Waals surface area contributed by atoms with Gasteiger partial charge in [0.05, 0.1) is 23.8 Å². The molecule has 0 amide bonds. The molecule has 0 atom stereocenters. The first-order chi connectivity index (χ1) is 10.1. The molecule has 0 spiro atoms. The van der Waals surface area contributed by atoms with Crippen LogP contribution in [0, 0.1) is 0 Å². The molecule has 0 bridgehead atoms. The fourth-order valence-corrected chi connectivity index (χ4v) is 1.85. The van der Waals surface area contributed by atoms with Gasteiger partial charge in [-0.3, -0.25) is 20.1 Å². The molecule has 0 aliphatic carbocycles. The molecule has 0 saturated carbocycles. The second-order valence-corrected chi connectivity index (χ2v) is 4.18. The van der Waals surface area contributed by atoms with Crippen LogP contribution < -0.4 is 0 Å². The number of alkyl halides is 3. The smallest absolute Gasteiger partial charge is 0.277 e. The number of nitrogens with one attached hydrogen (secondary N) is 1. The first-order valence-electron chi connectivity index (χ1n) is 5.89. The average Bonchev–Trinajstić information content (AvgIpc) is 2.97. The summed E-state index contributed by atoms with van der Waals surface area (Å²) in [5.74, 6) is 0. The van der Waals surface area contributed by atoms with E-state index in [4.69, 9.17) is 0 Å². The van der Waals surface area contributed by atoms with Crippen molar-refractivity contribution in [2.45, 2.75) is 6.18 Å². The fourth-order valence-electron chi connectivity index (χ4n) is 1.85. The summed E-state index contributed by atoms with van der Waals surface area (Å²) in [7, 11) is 0. The van der Waals surface area contributed by atoms with Gasteiger partial charge in [-0.15, -0.1) is 0 Å². The van der Waals surface area contributed by atoms with Gasteiger partial charge in [0.2, 0.25) is 0 Å². The summed E-state index contributed by atoms with van der Waals surface area (Å²) in [6.45, 7) is 0. The van der Waals surface area contributed by atoms with E-state index >= 15 is 0 Å². The van der Waals surface area contributed by atoms with E-state index in [1.165, 1.54) is 24.7 Å². The van der Waals surface area contributed by atoms with Crippen LogP contribution in [0.5, 0.6) is 0 Å². The zero-order valence-electron chi connectivity index (χ0n) is 10.5. The molecule has 21 heavy (non-hydrogen) atoms. The van der Waals surface area contributed by atoms with E-state index in [1.54, 1.807) is 6.20 Å². The van der Waals surface area contributed by atoms with Gasteiger partial charge in [-0.05, 0) is 12.1 Å². The first-order valence-corrected chi connectivity index (χ1v) is 5.89. The van der Waals surface area contributed by atoms with Gasteiger partial charge >= 0.3 is 6.18 Å². The van der Waals surface area contributed by atoms with Crippen molar-refractivity contribution in [2.24, 2.45) is 0 Å². The van der Waals surface area contributed by atoms with Crippen LogP contribution in [0.4, 0.5) is 13.2 Å². The molecular formula is C13H8F3N5. The highest BCUT2D eigenvalue weighted by Crippen LogP contribution is 2.31. The van der Waals surface area contributed by atoms with E-state index in [0.29, 0.717) is 22.5 Å². The van der Waals surface area contributed by atoms with Gasteiger partial charge in [-0.25, -0.2) is 0 Å². The van der Waals surface area contributed by atoms with Crippen molar-refractivity contribution < 1.29 is 13.2 Å². The van der Waals surface area contributed by atoms with Gasteiger partial charge in [-0.2, -0.15) is 18.3 Å². The summed E-state index contributed by atoms with van der Waals surface area (Å²) in [6.07, 6.45) is 2.83. The highest BCUT2D eigenvalue weighted by atomic mass is 19.4. The average molecular weight is 291 g/mol. The Balaban J connectivity index is 2.01. The zero-order valence-corrected chi connectivity index (χ0v) is 10.5. The first kappa shape index (κ1) is 13.2. The summed E-state index contributed by atoms with van der Waals surface area (Å²) >= 11 is 0. The van der Waals surface area contributed by atoms with Gasteiger partial charge < -0.3 is 0 Å². The van der Waals surface area contributed by atoms with Gasteiger partial charge in [0.15, 0.2) is 0 Å². The largest absolute Gasteiger partial charge is 0.433 e. The number of nitrogens with zero attached hydrogens (tertiary/aromatic N) is 4. The Hall–Kier alpha value is -2.77. The van der Waals surface area contributed by atoms with Crippen LogP contribution in [0.1, 0.15) is 5.69 Å². The summed E-state index contributed by atoms with van der Waals surface area (Å²) in [6, 6.07) is 2.26. The molecule has 106 valence electrons. The minimum Gasteiger partial charge on any atom is -0.277 e. The Bertz CT molecular complexity index is 735. The molecule has 3 aromatic heterocycles. The van der Waals surface area contributed by atoms with Gasteiger partial charge in [0.25, 0.3) is 0 Å². The quantitative estimate of drug-likeness (QED) is 0.788. The van der Waals surface area contributed by atoms with Crippen LogP contribution in [0.25, 0.3) is 22.5 Å². The molecule has 8 heteroatoms. The standard InChI is InChI=1S/C13H8F3N5/c14-13(15,16)11-2-1-8(5-19-11)12-9(6-20-21-12)10-7-17-3-4-18-10/h1-7H,(H,20,21). The summed E-state index contributed by atoms with van der Waals surface area (Å²) in [5, 5.41) is 6.64. The Kier molecular flexibility index (Phi) is 3.13. The van der Waals surface area contributed by atoms with Crippen LogP contribution in [0.2, 0.25) is 0 Å². The molecule has 0 radical (unpaired) electrons. The highest BCUT2D eigenvalue weighted by Gasteiger charge is 2.32. The Morgan fingerprint density at radius 1 is 0.952 bits per heavy atom. The van der Waals surface area contributed by atoms with Gasteiger partial charge in [0.1, 0.15) is 5.69 Å². The van der Waals surface area contributed by atoms with Crippen molar-refractivity contribution >= 4 is 0 Å². The lowest BCUT2D eigenvalue weighted by atomic mass is 10.1. The maximum Gasteiger partial charge on any atom is 0.433 e. The van der Waals surface area contributed by atoms with Crippen LogP contribution >= 0.6 is 0 Å². The number of aromatic amines is 1. The lowest BCUT2D eigenvalue weighted by Gasteiger charge is -2.06. The number of halogens is 3. The van der Waals surface area contributed by atoms with Crippen LogP contribution in [-0.2, 0) is 6.18 Å². The van der Waals surface area contributed by atoms with E-state index in [2.05, 4.69) is 25.1 Å². The van der Waals surface area contributed by atoms with Gasteiger partial charge in [-0.1, -0.05) is 0 Å². The number of aromatic nitrogens is 5. The van der Waals surface area contributed by atoms with Crippen molar-refractivity contribution in [3.05, 3.63) is 48.8 Å². The molecular weight excluding hydrogens is 283 g/mol. The number of rotatable bonds is 2. The third-order valence-corrected chi connectivity index (χ3v) is 2.82. The predicted octanol–water partition coefficient (Wildman–Crippen LogP) is 2.95. The number of hydrogen-bond acceptors (Lipinski definition) is 4. The number of pyridine rings is 1. The lowest BCUT2D eigenvalue weighted by Crippen LogP contribution is -2.07. The topological polar surface area (TPSA) is 67.3 Å². The summed E-state index contributed by atoms with van der Waals surface area (Å²) in [4.78, 5) is 11.5. The second kappa shape index (κ2) is 4.97. The van der Waals surface area contributed by atoms with Crippen molar-refractivity contribution in [2.75, 3.05) is 0 Å². The Morgan fingerprint density at radius 2 is 1.81 bits per heavy atom. The SMILES string of the molecule is FC(F)(F)c1ccc(-c2[nH]ncc2-c2cnccn2)cn1. The maximum atomic E-state index is 12.5. The van der Waals surface area contributed by atoms with Crippen LogP contribution in [-0.4, -0.2) is 25.1 Å². The third kappa shape index (κ3) is 2.60. The van der Waals surface area contributed by atoms with Crippen LogP contribution in [0.15, 0.2) is 43.1 Å². The third-order valence-electron chi connectivity index (χ3n) is 2.82. The van der Waals surface area contributed by atoms with Crippen molar-refractivity contribution in [1.29, 1.82) is 0 Å². The normalized spacial score (nSPS) is 11.6. The highest BCUT2D eigenvalue weighted by molar-refractivity contribution is 5.77. The predicted molar refractivity (Wildman–Crippen MR) is 67.8 cm³/mol. The van der Waals surface area contributed by atoms with E-state index < -0.39 is 11.9 Å². The molecule has 0 aliphatic heterocycles. The molecule has 3 rings (SSSR count). The maximum absolute atomic E-state index is 12.5. The van der Waals surface area contributed by atoms with E-state index in [1.807, 2.05) is 0 Å². The summed E-state index contributed by atoms with van der Waals surface area (Å²) < 4.78 is 37.5. The van der Waals surface area contributed by atoms with Gasteiger partial charge in [0, 0.05) is 29.7 Å². The molecule has 0 fully saturated rings. The fraction of sp³-hybridized carbons (Fsp3) is 0.0769. The van der Waals surface area contributed by atoms with Crippen molar-refractivity contribution in [1.82, 2.24) is 25.1 Å². The minimum absolute atomic E-state index is 0.487. The molecule has 5 nitrogen and oxygen atoms in total. The molecule has 3 heterocycles. The molecule has 0 aliphatic rings. The molecule has 0 unspecified atom stereocenters. The van der Waals surface area contributed by atoms with Crippen LogP contribution in [0.3, 0.4) is 0 Å². The Labute approximate surface area is 116 Å². The minimum atomic E-state index is -4.46. The van der Waals surface area contributed by atoms with E-state index in [-0.39, 0.29) is 0 Å². The lowest BCUT2D eigenvalue weighted by molar-refractivity contribution is -0.141. The second-order valence-electron chi connectivity index (χ2n) is 4.18. The van der Waals surface area contributed by atoms with E-state index in [0.717, 1.165) is 12.3 Å². The Morgan fingerprint density at radius 3 is 2.43 bits per heavy atom. The van der Waals surface area contributed by atoms with E-state index in [9.17, 15) is 13.2 Å². The van der Waals surface area contributed by atoms with Crippen molar-refractivity contribution in [3.8, 4) is 22.5 Å². The zero-order chi connectivity index (χ0) is 14.9. The molecule has 1 N–H and O–H groups in total.